The van der Waals surface area contributed by atoms with Gasteiger partial charge in [0.15, 0.2) is 12.4 Å². The molecule has 2 N–H and O–H groups in total. The minimum Gasteiger partial charge on any atom is -0.495 e. The monoisotopic (exact) mass is 396 g/mol. The SMILES string of the molecule is COc1ccc(C)cc1NC(=O)CNC(=O)COc1c(Cl)cccc1Cl. The quantitative estimate of drug-likeness (QED) is 0.751. The second-order valence-corrected chi connectivity index (χ2v) is 6.18. The number of amides is 2. The number of halogens is 2. The first-order chi connectivity index (χ1) is 12.4. The van der Waals surface area contributed by atoms with Crippen LogP contribution in [0.1, 0.15) is 5.56 Å². The van der Waals surface area contributed by atoms with Gasteiger partial charge in [-0.1, -0.05) is 35.3 Å². The van der Waals surface area contributed by atoms with Crippen molar-refractivity contribution < 1.29 is 19.1 Å². The van der Waals surface area contributed by atoms with Gasteiger partial charge in [0.05, 0.1) is 29.4 Å². The molecule has 0 radical (unpaired) electrons. The zero-order valence-corrected chi connectivity index (χ0v) is 15.8. The number of ether oxygens (including phenoxy) is 2. The zero-order chi connectivity index (χ0) is 19.1. The Labute approximate surface area is 161 Å². The molecule has 0 atom stereocenters. The van der Waals surface area contributed by atoms with Gasteiger partial charge in [-0.15, -0.1) is 0 Å². The molecule has 2 aromatic rings. The van der Waals surface area contributed by atoms with E-state index in [0.717, 1.165) is 5.56 Å². The Morgan fingerprint density at radius 3 is 2.42 bits per heavy atom. The molecule has 26 heavy (non-hydrogen) atoms. The highest BCUT2D eigenvalue weighted by Gasteiger charge is 2.12. The summed E-state index contributed by atoms with van der Waals surface area (Å²) in [4.78, 5) is 23.9. The highest BCUT2D eigenvalue weighted by atomic mass is 35.5. The van der Waals surface area contributed by atoms with Crippen molar-refractivity contribution in [2.45, 2.75) is 6.92 Å². The van der Waals surface area contributed by atoms with Crippen molar-refractivity contribution in [2.75, 3.05) is 25.6 Å². The summed E-state index contributed by atoms with van der Waals surface area (Å²) < 4.78 is 10.5. The molecule has 0 aliphatic heterocycles. The Morgan fingerprint density at radius 2 is 1.77 bits per heavy atom. The fraction of sp³-hybridized carbons (Fsp3) is 0.222. The van der Waals surface area contributed by atoms with Crippen molar-refractivity contribution in [3.8, 4) is 11.5 Å². The molecule has 0 heterocycles. The van der Waals surface area contributed by atoms with Crippen LogP contribution in [0.15, 0.2) is 36.4 Å². The second kappa shape index (κ2) is 9.31. The predicted molar refractivity (Wildman–Crippen MR) is 101 cm³/mol. The molecular formula is C18H18Cl2N2O4. The summed E-state index contributed by atoms with van der Waals surface area (Å²) in [6, 6.07) is 10.3. The number of rotatable bonds is 7. The molecule has 0 saturated heterocycles. The average molecular weight is 397 g/mol. The largest absolute Gasteiger partial charge is 0.495 e. The van der Waals surface area contributed by atoms with Crippen LogP contribution in [0, 0.1) is 6.92 Å². The summed E-state index contributed by atoms with van der Waals surface area (Å²) in [6.07, 6.45) is 0. The highest BCUT2D eigenvalue weighted by Crippen LogP contribution is 2.32. The van der Waals surface area contributed by atoms with Crippen LogP contribution < -0.4 is 20.1 Å². The summed E-state index contributed by atoms with van der Waals surface area (Å²) in [5.41, 5.74) is 1.50. The van der Waals surface area contributed by atoms with Crippen molar-refractivity contribution in [1.29, 1.82) is 0 Å². The van der Waals surface area contributed by atoms with E-state index < -0.39 is 11.8 Å². The van der Waals surface area contributed by atoms with Crippen LogP contribution in [0.4, 0.5) is 5.69 Å². The van der Waals surface area contributed by atoms with Gasteiger partial charge in [-0.3, -0.25) is 9.59 Å². The smallest absolute Gasteiger partial charge is 0.258 e. The summed E-state index contributed by atoms with van der Waals surface area (Å²) in [5, 5.41) is 5.75. The van der Waals surface area contributed by atoms with Crippen molar-refractivity contribution in [3.05, 3.63) is 52.0 Å². The molecule has 8 heteroatoms. The lowest BCUT2D eigenvalue weighted by Gasteiger charge is -2.12. The van der Waals surface area contributed by atoms with E-state index in [1.54, 1.807) is 30.3 Å². The third kappa shape index (κ3) is 5.54. The van der Waals surface area contributed by atoms with Gasteiger partial charge < -0.3 is 20.1 Å². The number of anilines is 1. The maximum atomic E-state index is 12.0. The summed E-state index contributed by atoms with van der Waals surface area (Å²) in [5.74, 6) is -0.114. The van der Waals surface area contributed by atoms with E-state index in [1.807, 2.05) is 13.0 Å². The van der Waals surface area contributed by atoms with Gasteiger partial charge in [0.2, 0.25) is 5.91 Å². The lowest BCUT2D eigenvalue weighted by molar-refractivity contribution is -0.125. The van der Waals surface area contributed by atoms with Crippen LogP contribution >= 0.6 is 23.2 Å². The van der Waals surface area contributed by atoms with Gasteiger partial charge in [0.1, 0.15) is 5.75 Å². The van der Waals surface area contributed by atoms with Gasteiger partial charge in [0, 0.05) is 0 Å². The van der Waals surface area contributed by atoms with Gasteiger partial charge >= 0.3 is 0 Å². The fourth-order valence-corrected chi connectivity index (χ4v) is 2.61. The number of carbonyl (C=O) groups excluding carboxylic acids is 2. The number of hydrogen-bond acceptors (Lipinski definition) is 4. The van der Waals surface area contributed by atoms with Crippen molar-refractivity contribution >= 4 is 40.7 Å². The highest BCUT2D eigenvalue weighted by molar-refractivity contribution is 6.37. The van der Waals surface area contributed by atoms with E-state index >= 15 is 0 Å². The van der Waals surface area contributed by atoms with Crippen molar-refractivity contribution in [2.24, 2.45) is 0 Å². The van der Waals surface area contributed by atoms with Crippen LogP contribution in [0.2, 0.25) is 10.0 Å². The molecule has 0 aliphatic carbocycles. The average Bonchev–Trinajstić information content (AvgIpc) is 2.60. The first-order valence-corrected chi connectivity index (χ1v) is 8.44. The van der Waals surface area contributed by atoms with Crippen molar-refractivity contribution in [3.63, 3.8) is 0 Å². The van der Waals surface area contributed by atoms with Crippen LogP contribution in [0.3, 0.4) is 0 Å². The van der Waals surface area contributed by atoms with E-state index in [9.17, 15) is 9.59 Å². The Kier molecular flexibility index (Phi) is 7.12. The lowest BCUT2D eigenvalue weighted by Crippen LogP contribution is -2.35. The van der Waals surface area contributed by atoms with E-state index in [1.165, 1.54) is 7.11 Å². The minimum absolute atomic E-state index is 0.213. The third-order valence-corrected chi connectivity index (χ3v) is 3.94. The maximum absolute atomic E-state index is 12.0. The second-order valence-electron chi connectivity index (χ2n) is 5.37. The number of methoxy groups -OCH3 is 1. The van der Waals surface area contributed by atoms with Gasteiger partial charge in [-0.25, -0.2) is 0 Å². The third-order valence-electron chi connectivity index (χ3n) is 3.34. The molecule has 138 valence electrons. The minimum atomic E-state index is -0.479. The Balaban J connectivity index is 1.84. The molecule has 2 rings (SSSR count). The first-order valence-electron chi connectivity index (χ1n) is 7.68. The molecule has 6 nitrogen and oxygen atoms in total. The lowest BCUT2D eigenvalue weighted by atomic mass is 10.2. The van der Waals surface area contributed by atoms with Crippen LogP contribution in [0.5, 0.6) is 11.5 Å². The first kappa shape index (κ1) is 19.9. The van der Waals surface area contributed by atoms with Crippen LogP contribution in [-0.4, -0.2) is 32.1 Å². The molecule has 0 unspecified atom stereocenters. The number of carbonyl (C=O) groups is 2. The van der Waals surface area contributed by atoms with Gasteiger partial charge in [-0.05, 0) is 36.8 Å². The van der Waals surface area contributed by atoms with Crippen molar-refractivity contribution in [1.82, 2.24) is 5.32 Å². The molecule has 2 aromatic carbocycles. The number of benzene rings is 2. The van der Waals surface area contributed by atoms with E-state index in [-0.39, 0.29) is 18.9 Å². The van der Waals surface area contributed by atoms with E-state index in [2.05, 4.69) is 10.6 Å². The Morgan fingerprint density at radius 1 is 1.08 bits per heavy atom. The number of aryl methyl sites for hydroxylation is 1. The van der Waals surface area contributed by atoms with Gasteiger partial charge in [0.25, 0.3) is 5.91 Å². The maximum Gasteiger partial charge on any atom is 0.258 e. The predicted octanol–water partition coefficient (Wildman–Crippen LogP) is 3.44. The van der Waals surface area contributed by atoms with Crippen LogP contribution in [0.25, 0.3) is 0 Å². The molecule has 0 aromatic heterocycles. The Hall–Kier alpha value is -2.44. The normalized spacial score (nSPS) is 10.2. The number of para-hydroxylation sites is 1. The molecule has 0 spiro atoms. The van der Waals surface area contributed by atoms with E-state index in [0.29, 0.717) is 21.5 Å². The zero-order valence-electron chi connectivity index (χ0n) is 14.3. The van der Waals surface area contributed by atoms with E-state index in [4.69, 9.17) is 32.7 Å². The fourth-order valence-electron chi connectivity index (χ4n) is 2.10. The number of nitrogens with one attached hydrogen (secondary N) is 2. The molecule has 2 amide bonds. The number of hydrogen-bond donors (Lipinski definition) is 2. The molecule has 0 bridgehead atoms. The molecule has 0 aliphatic rings. The topological polar surface area (TPSA) is 76.7 Å². The molecule has 0 fully saturated rings. The summed E-state index contributed by atoms with van der Waals surface area (Å²) in [7, 11) is 1.51. The summed E-state index contributed by atoms with van der Waals surface area (Å²) >= 11 is 11.9. The summed E-state index contributed by atoms with van der Waals surface area (Å²) in [6.45, 7) is 1.37. The van der Waals surface area contributed by atoms with Gasteiger partial charge in [-0.2, -0.15) is 0 Å². The molecular weight excluding hydrogens is 379 g/mol. The van der Waals surface area contributed by atoms with Crippen LogP contribution in [-0.2, 0) is 9.59 Å². The standard InChI is InChI=1S/C18H18Cl2N2O4/c1-11-6-7-15(25-2)14(8-11)22-16(23)9-21-17(24)10-26-18-12(19)4-3-5-13(18)20/h3-8H,9-10H2,1-2H3,(H,21,24)(H,22,23). The Bertz CT molecular complexity index is 792. The molecule has 0 saturated carbocycles.